The molecule has 0 spiro atoms. The Morgan fingerprint density at radius 3 is 2.50 bits per heavy atom. The number of hydrogen-bond acceptors (Lipinski definition) is 3. The van der Waals surface area contributed by atoms with Crippen molar-refractivity contribution in [1.82, 2.24) is 0 Å². The molecule has 1 aromatic carbocycles. The van der Waals surface area contributed by atoms with E-state index in [-0.39, 0.29) is 0 Å². The van der Waals surface area contributed by atoms with Crippen LogP contribution < -0.4 is 0 Å². The molecule has 0 aromatic heterocycles. The molecule has 2 rings (SSSR count). The Bertz CT molecular complexity index is 637. The van der Waals surface area contributed by atoms with E-state index in [0.29, 0.717) is 25.3 Å². The molecule has 0 bridgehead atoms. The first-order chi connectivity index (χ1) is 9.46. The van der Waals surface area contributed by atoms with Crippen LogP contribution >= 0.6 is 0 Å². The highest BCUT2D eigenvalue weighted by Crippen LogP contribution is 2.32. The van der Waals surface area contributed by atoms with Gasteiger partial charge in [-0.1, -0.05) is 19.3 Å². The fourth-order valence-corrected chi connectivity index (χ4v) is 4.68. The van der Waals surface area contributed by atoms with Gasteiger partial charge in [-0.25, -0.2) is 17.2 Å². The van der Waals surface area contributed by atoms with Gasteiger partial charge in [0.05, 0.1) is 17.2 Å². The van der Waals surface area contributed by atoms with Gasteiger partial charge in [0.25, 0.3) is 0 Å². The van der Waals surface area contributed by atoms with Gasteiger partial charge in [0.15, 0.2) is 9.84 Å². The molecule has 20 heavy (non-hydrogen) atoms. The van der Waals surface area contributed by atoms with E-state index in [1.165, 1.54) is 0 Å². The Morgan fingerprint density at radius 2 is 1.85 bits per heavy atom. The number of rotatable bonds is 2. The van der Waals surface area contributed by atoms with Crippen molar-refractivity contribution in [1.29, 1.82) is 5.26 Å². The van der Waals surface area contributed by atoms with Crippen molar-refractivity contribution in [3.05, 3.63) is 29.8 Å². The molecule has 3 nitrogen and oxygen atoms in total. The number of benzene rings is 1. The van der Waals surface area contributed by atoms with Crippen LogP contribution in [0.2, 0.25) is 0 Å². The maximum atomic E-state index is 13.7. The highest BCUT2D eigenvalue weighted by atomic mass is 32.2. The molecular formula is C14H15F2NO2S. The Morgan fingerprint density at radius 1 is 1.15 bits per heavy atom. The van der Waals surface area contributed by atoms with Crippen LogP contribution in [0.1, 0.15) is 32.1 Å². The maximum absolute atomic E-state index is 13.7. The number of sulfone groups is 1. The second-order valence-corrected chi connectivity index (χ2v) is 7.17. The van der Waals surface area contributed by atoms with Gasteiger partial charge in [-0.2, -0.15) is 5.26 Å². The first-order valence-electron chi connectivity index (χ1n) is 6.55. The predicted molar refractivity (Wildman–Crippen MR) is 69.5 cm³/mol. The van der Waals surface area contributed by atoms with Crippen LogP contribution in [-0.4, -0.2) is 13.7 Å². The second kappa shape index (κ2) is 5.88. The lowest BCUT2D eigenvalue weighted by molar-refractivity contribution is 0.510. The molecule has 0 N–H and O–H groups in total. The number of halogens is 2. The van der Waals surface area contributed by atoms with E-state index in [9.17, 15) is 17.2 Å². The third-order valence-corrected chi connectivity index (χ3v) is 6.02. The summed E-state index contributed by atoms with van der Waals surface area (Å²) in [4.78, 5) is -0.508. The summed E-state index contributed by atoms with van der Waals surface area (Å²) in [6, 6.07) is 4.45. The SMILES string of the molecule is N#CC1CCCCCC1S(=O)(=O)c1ccc(F)cc1F. The zero-order valence-corrected chi connectivity index (χ0v) is 11.7. The van der Waals surface area contributed by atoms with Gasteiger partial charge >= 0.3 is 0 Å². The maximum Gasteiger partial charge on any atom is 0.185 e. The smallest absolute Gasteiger partial charge is 0.185 e. The summed E-state index contributed by atoms with van der Waals surface area (Å²) in [5.41, 5.74) is 0. The van der Waals surface area contributed by atoms with Crippen LogP contribution in [0.4, 0.5) is 8.78 Å². The Hall–Kier alpha value is -1.48. The Labute approximate surface area is 117 Å². The molecular weight excluding hydrogens is 284 g/mol. The Balaban J connectivity index is 2.44. The summed E-state index contributed by atoms with van der Waals surface area (Å²) in [7, 11) is -3.96. The zero-order valence-electron chi connectivity index (χ0n) is 10.9. The molecule has 1 aromatic rings. The van der Waals surface area contributed by atoms with Crippen LogP contribution in [0, 0.1) is 28.9 Å². The summed E-state index contributed by atoms with van der Waals surface area (Å²) < 4.78 is 51.7. The van der Waals surface area contributed by atoms with E-state index < -0.39 is 37.5 Å². The lowest BCUT2D eigenvalue weighted by Gasteiger charge is -2.20. The molecule has 1 saturated carbocycles. The lowest BCUT2D eigenvalue weighted by atomic mass is 10.0. The van der Waals surface area contributed by atoms with Crippen LogP contribution in [0.25, 0.3) is 0 Å². The number of hydrogen-bond donors (Lipinski definition) is 0. The van der Waals surface area contributed by atoms with Crippen LogP contribution in [0.15, 0.2) is 23.1 Å². The molecule has 0 saturated heterocycles. The lowest BCUT2D eigenvalue weighted by Crippen LogP contribution is -2.29. The van der Waals surface area contributed by atoms with Gasteiger partial charge in [-0.3, -0.25) is 0 Å². The van der Waals surface area contributed by atoms with Gasteiger partial charge < -0.3 is 0 Å². The van der Waals surface area contributed by atoms with E-state index in [4.69, 9.17) is 5.26 Å². The van der Waals surface area contributed by atoms with Crippen LogP contribution in [0.5, 0.6) is 0 Å². The van der Waals surface area contributed by atoms with Crippen molar-refractivity contribution in [3.63, 3.8) is 0 Å². The molecule has 0 amide bonds. The molecule has 2 atom stereocenters. The molecule has 6 heteroatoms. The van der Waals surface area contributed by atoms with E-state index in [1.54, 1.807) is 0 Å². The number of nitrogens with zero attached hydrogens (tertiary/aromatic N) is 1. The largest absolute Gasteiger partial charge is 0.223 e. The van der Waals surface area contributed by atoms with Gasteiger partial charge in [0.1, 0.15) is 16.5 Å². The molecule has 108 valence electrons. The third kappa shape index (κ3) is 2.83. The monoisotopic (exact) mass is 299 g/mol. The fourth-order valence-electron chi connectivity index (χ4n) is 2.66. The van der Waals surface area contributed by atoms with Crippen molar-refractivity contribution in [3.8, 4) is 6.07 Å². The summed E-state index contributed by atoms with van der Waals surface area (Å²) >= 11 is 0. The fraction of sp³-hybridized carbons (Fsp3) is 0.500. The highest BCUT2D eigenvalue weighted by molar-refractivity contribution is 7.92. The van der Waals surface area contributed by atoms with Gasteiger partial charge in [-0.05, 0) is 25.0 Å². The first kappa shape index (κ1) is 14.9. The average molecular weight is 299 g/mol. The molecule has 0 aliphatic heterocycles. The minimum Gasteiger partial charge on any atom is -0.223 e. The van der Waals surface area contributed by atoms with Crippen molar-refractivity contribution in [2.45, 2.75) is 42.2 Å². The zero-order chi connectivity index (χ0) is 14.8. The molecule has 1 fully saturated rings. The highest BCUT2D eigenvalue weighted by Gasteiger charge is 2.37. The van der Waals surface area contributed by atoms with Crippen LogP contribution in [-0.2, 0) is 9.84 Å². The molecule has 0 radical (unpaired) electrons. The van der Waals surface area contributed by atoms with Gasteiger partial charge in [-0.15, -0.1) is 0 Å². The molecule has 1 aliphatic carbocycles. The van der Waals surface area contributed by atoms with E-state index in [2.05, 4.69) is 0 Å². The van der Waals surface area contributed by atoms with Gasteiger partial charge in [0.2, 0.25) is 0 Å². The summed E-state index contributed by atoms with van der Waals surface area (Å²) in [6.45, 7) is 0. The normalized spacial score (nSPS) is 23.9. The number of nitriles is 1. The summed E-state index contributed by atoms with van der Waals surface area (Å²) in [5, 5.41) is 8.23. The summed E-state index contributed by atoms with van der Waals surface area (Å²) in [6.07, 6.45) is 3.22. The minimum atomic E-state index is -3.96. The van der Waals surface area contributed by atoms with Crippen LogP contribution in [0.3, 0.4) is 0 Å². The quantitative estimate of drug-likeness (QED) is 0.622. The molecule has 2 unspecified atom stereocenters. The van der Waals surface area contributed by atoms with Gasteiger partial charge in [0, 0.05) is 6.07 Å². The Kier molecular flexibility index (Phi) is 4.39. The van der Waals surface area contributed by atoms with E-state index in [0.717, 1.165) is 25.0 Å². The third-order valence-electron chi connectivity index (χ3n) is 3.72. The predicted octanol–water partition coefficient (Wildman–Crippen LogP) is 3.21. The molecule has 1 aliphatic rings. The van der Waals surface area contributed by atoms with Crippen molar-refractivity contribution in [2.75, 3.05) is 0 Å². The van der Waals surface area contributed by atoms with Crippen molar-refractivity contribution < 1.29 is 17.2 Å². The summed E-state index contributed by atoms with van der Waals surface area (Å²) in [5.74, 6) is -2.54. The average Bonchev–Trinajstić information content (AvgIpc) is 2.63. The first-order valence-corrected chi connectivity index (χ1v) is 8.10. The topological polar surface area (TPSA) is 57.9 Å². The molecule has 0 heterocycles. The standard InChI is InChI=1S/C14H15F2NO2S/c15-11-6-7-14(12(16)8-11)20(18,19)13-5-3-1-2-4-10(13)9-17/h6-8,10,13H,1-5H2. The van der Waals surface area contributed by atoms with Crippen molar-refractivity contribution >= 4 is 9.84 Å². The van der Waals surface area contributed by atoms with Crippen molar-refractivity contribution in [2.24, 2.45) is 5.92 Å². The minimum absolute atomic E-state index is 0.345. The van der Waals surface area contributed by atoms with E-state index in [1.807, 2.05) is 6.07 Å². The second-order valence-electron chi connectivity index (χ2n) is 5.03. The van der Waals surface area contributed by atoms with E-state index >= 15 is 0 Å².